The van der Waals surface area contributed by atoms with E-state index in [0.717, 1.165) is 25.7 Å². The Morgan fingerprint density at radius 2 is 1.22 bits per heavy atom. The van der Waals surface area contributed by atoms with E-state index < -0.39 is 0 Å². The Kier molecular flexibility index (Phi) is 14.1. The number of esters is 1. The fraction of sp³-hybridized carbons (Fsp3) is 0.938. The molecule has 0 spiro atoms. The van der Waals surface area contributed by atoms with Gasteiger partial charge in [-0.3, -0.25) is 4.79 Å². The molecule has 2 nitrogen and oxygen atoms in total. The molecule has 0 unspecified atom stereocenters. The van der Waals surface area contributed by atoms with Crippen LogP contribution in [-0.2, 0) is 9.53 Å². The summed E-state index contributed by atoms with van der Waals surface area (Å²) < 4.78 is 5.19. The predicted octanol–water partition coefficient (Wildman–Crippen LogP) is 5.25. The molecule has 0 aliphatic rings. The minimum Gasteiger partial charge on any atom is -0.466 e. The van der Waals surface area contributed by atoms with Crippen LogP contribution in [0.15, 0.2) is 0 Å². The Labute approximate surface area is 113 Å². The van der Waals surface area contributed by atoms with Crippen molar-refractivity contribution >= 4 is 5.97 Å². The molecule has 0 bridgehead atoms. The second kappa shape index (κ2) is 14.5. The van der Waals surface area contributed by atoms with Crippen molar-refractivity contribution in [1.82, 2.24) is 0 Å². The first-order valence-corrected chi connectivity index (χ1v) is 7.96. The SMILES string of the molecule is CCCCCCCCCCOC(=O)CCCCC. The Bertz CT molecular complexity index is 178. The van der Waals surface area contributed by atoms with E-state index in [1.165, 1.54) is 44.9 Å². The maximum absolute atomic E-state index is 11.3. The summed E-state index contributed by atoms with van der Waals surface area (Å²) in [5.74, 6) is -0.00797. The highest BCUT2D eigenvalue weighted by Crippen LogP contribution is 2.08. The second-order valence-corrected chi connectivity index (χ2v) is 5.15. The lowest BCUT2D eigenvalue weighted by Gasteiger charge is -2.04. The minimum absolute atomic E-state index is 0.00797. The summed E-state index contributed by atoms with van der Waals surface area (Å²) in [6.07, 6.45) is 14.2. The van der Waals surface area contributed by atoms with E-state index in [-0.39, 0.29) is 5.97 Å². The van der Waals surface area contributed by atoms with Crippen LogP contribution in [0.5, 0.6) is 0 Å². The first-order chi connectivity index (χ1) is 8.81. The Hall–Kier alpha value is -0.530. The molecule has 0 rings (SSSR count). The van der Waals surface area contributed by atoms with Crippen LogP contribution >= 0.6 is 0 Å². The zero-order chi connectivity index (χ0) is 13.5. The lowest BCUT2D eigenvalue weighted by Crippen LogP contribution is -2.05. The van der Waals surface area contributed by atoms with Crippen LogP contribution in [0.1, 0.15) is 90.9 Å². The lowest BCUT2D eigenvalue weighted by molar-refractivity contribution is -0.143. The first kappa shape index (κ1) is 17.5. The van der Waals surface area contributed by atoms with Gasteiger partial charge in [0, 0.05) is 6.42 Å². The minimum atomic E-state index is -0.00797. The Morgan fingerprint density at radius 3 is 1.83 bits per heavy atom. The number of ether oxygens (including phenoxy) is 1. The van der Waals surface area contributed by atoms with E-state index >= 15 is 0 Å². The van der Waals surface area contributed by atoms with E-state index in [1.54, 1.807) is 0 Å². The van der Waals surface area contributed by atoms with Crippen molar-refractivity contribution in [2.24, 2.45) is 0 Å². The summed E-state index contributed by atoms with van der Waals surface area (Å²) in [5.41, 5.74) is 0. The Morgan fingerprint density at radius 1 is 0.722 bits per heavy atom. The van der Waals surface area contributed by atoms with Gasteiger partial charge >= 0.3 is 5.97 Å². The van der Waals surface area contributed by atoms with Crippen LogP contribution in [0, 0.1) is 0 Å². The second-order valence-electron chi connectivity index (χ2n) is 5.15. The highest BCUT2D eigenvalue weighted by atomic mass is 16.5. The van der Waals surface area contributed by atoms with Crippen molar-refractivity contribution in [3.63, 3.8) is 0 Å². The van der Waals surface area contributed by atoms with E-state index in [9.17, 15) is 4.79 Å². The third-order valence-electron chi connectivity index (χ3n) is 3.25. The molecule has 2 heteroatoms. The van der Waals surface area contributed by atoms with Gasteiger partial charge in [-0.1, -0.05) is 71.6 Å². The predicted molar refractivity (Wildman–Crippen MR) is 77.7 cm³/mol. The highest BCUT2D eigenvalue weighted by Gasteiger charge is 2.01. The summed E-state index contributed by atoms with van der Waals surface area (Å²) in [4.78, 5) is 11.3. The average molecular weight is 256 g/mol. The zero-order valence-electron chi connectivity index (χ0n) is 12.5. The molecule has 0 saturated heterocycles. The smallest absolute Gasteiger partial charge is 0.305 e. The lowest BCUT2D eigenvalue weighted by atomic mass is 10.1. The summed E-state index contributed by atoms with van der Waals surface area (Å²) in [6.45, 7) is 5.01. The van der Waals surface area contributed by atoms with Gasteiger partial charge in [-0.05, 0) is 12.8 Å². The van der Waals surface area contributed by atoms with Gasteiger partial charge in [0.15, 0.2) is 0 Å². The molecule has 0 fully saturated rings. The molecule has 0 heterocycles. The van der Waals surface area contributed by atoms with Gasteiger partial charge in [0.1, 0.15) is 0 Å². The molecule has 18 heavy (non-hydrogen) atoms. The standard InChI is InChI=1S/C16H32O2/c1-3-5-7-8-9-10-11-13-15-18-16(17)14-12-6-4-2/h3-15H2,1-2H3. The number of rotatable bonds is 13. The Balaban J connectivity index is 3.08. The third kappa shape index (κ3) is 13.5. The molecule has 0 aromatic rings. The van der Waals surface area contributed by atoms with Gasteiger partial charge in [-0.15, -0.1) is 0 Å². The van der Waals surface area contributed by atoms with Crippen molar-refractivity contribution in [1.29, 1.82) is 0 Å². The van der Waals surface area contributed by atoms with Gasteiger partial charge < -0.3 is 4.74 Å². The molecule has 0 amide bonds. The molecule has 0 radical (unpaired) electrons. The van der Waals surface area contributed by atoms with E-state index in [0.29, 0.717) is 13.0 Å². The average Bonchev–Trinajstić information content (AvgIpc) is 2.37. The van der Waals surface area contributed by atoms with Crippen molar-refractivity contribution in [3.8, 4) is 0 Å². The summed E-state index contributed by atoms with van der Waals surface area (Å²) >= 11 is 0. The fourth-order valence-electron chi connectivity index (χ4n) is 2.01. The van der Waals surface area contributed by atoms with Crippen molar-refractivity contribution in [2.45, 2.75) is 90.9 Å². The molecule has 0 aliphatic carbocycles. The van der Waals surface area contributed by atoms with Crippen LogP contribution < -0.4 is 0 Å². The van der Waals surface area contributed by atoms with Crippen molar-refractivity contribution in [3.05, 3.63) is 0 Å². The van der Waals surface area contributed by atoms with Crippen LogP contribution in [-0.4, -0.2) is 12.6 Å². The summed E-state index contributed by atoms with van der Waals surface area (Å²) in [5, 5.41) is 0. The van der Waals surface area contributed by atoms with Gasteiger partial charge in [-0.25, -0.2) is 0 Å². The van der Waals surface area contributed by atoms with Crippen LogP contribution in [0.2, 0.25) is 0 Å². The van der Waals surface area contributed by atoms with Gasteiger partial charge in [0.2, 0.25) is 0 Å². The maximum Gasteiger partial charge on any atom is 0.305 e. The van der Waals surface area contributed by atoms with Crippen LogP contribution in [0.25, 0.3) is 0 Å². The molecule has 0 saturated carbocycles. The first-order valence-electron chi connectivity index (χ1n) is 7.96. The van der Waals surface area contributed by atoms with Crippen LogP contribution in [0.4, 0.5) is 0 Å². The quantitative estimate of drug-likeness (QED) is 0.332. The van der Waals surface area contributed by atoms with Gasteiger partial charge in [0.05, 0.1) is 6.61 Å². The largest absolute Gasteiger partial charge is 0.466 e. The van der Waals surface area contributed by atoms with E-state index in [4.69, 9.17) is 4.74 Å². The van der Waals surface area contributed by atoms with E-state index in [2.05, 4.69) is 13.8 Å². The molecule has 108 valence electrons. The molecule has 0 aliphatic heterocycles. The van der Waals surface area contributed by atoms with Gasteiger partial charge in [-0.2, -0.15) is 0 Å². The normalized spacial score (nSPS) is 10.6. The molecule has 0 N–H and O–H groups in total. The third-order valence-corrected chi connectivity index (χ3v) is 3.25. The van der Waals surface area contributed by atoms with Crippen molar-refractivity contribution < 1.29 is 9.53 Å². The summed E-state index contributed by atoms with van der Waals surface area (Å²) in [6, 6.07) is 0. The highest BCUT2D eigenvalue weighted by molar-refractivity contribution is 5.69. The number of hydrogen-bond acceptors (Lipinski definition) is 2. The van der Waals surface area contributed by atoms with Crippen molar-refractivity contribution in [2.75, 3.05) is 6.61 Å². The van der Waals surface area contributed by atoms with E-state index in [1.807, 2.05) is 0 Å². The number of carbonyl (C=O) groups is 1. The van der Waals surface area contributed by atoms with Crippen LogP contribution in [0.3, 0.4) is 0 Å². The molecule has 0 aromatic carbocycles. The molecular weight excluding hydrogens is 224 g/mol. The monoisotopic (exact) mass is 256 g/mol. The number of hydrogen-bond donors (Lipinski definition) is 0. The molecule has 0 aromatic heterocycles. The number of unbranched alkanes of at least 4 members (excludes halogenated alkanes) is 9. The fourth-order valence-corrected chi connectivity index (χ4v) is 2.01. The number of carbonyl (C=O) groups excluding carboxylic acids is 1. The molecular formula is C16H32O2. The topological polar surface area (TPSA) is 26.3 Å². The molecule has 0 atom stereocenters. The zero-order valence-corrected chi connectivity index (χ0v) is 12.5. The van der Waals surface area contributed by atoms with Gasteiger partial charge in [0.25, 0.3) is 0 Å². The maximum atomic E-state index is 11.3. The summed E-state index contributed by atoms with van der Waals surface area (Å²) in [7, 11) is 0.